The van der Waals surface area contributed by atoms with E-state index in [1.165, 1.54) is 11.8 Å². The number of ether oxygens (including phenoxy) is 2. The number of carboxylic acids is 1. The van der Waals surface area contributed by atoms with Crippen molar-refractivity contribution in [2.45, 2.75) is 18.3 Å². The molecule has 0 aromatic heterocycles. The molecule has 0 aliphatic carbocycles. The van der Waals surface area contributed by atoms with Gasteiger partial charge in [-0.3, -0.25) is 4.79 Å². The van der Waals surface area contributed by atoms with Crippen LogP contribution < -0.4 is 0 Å². The lowest BCUT2D eigenvalue weighted by Gasteiger charge is -2.12. The van der Waals surface area contributed by atoms with Gasteiger partial charge in [-0.15, -0.1) is 11.8 Å². The van der Waals surface area contributed by atoms with Crippen LogP contribution in [0.4, 0.5) is 0 Å². The number of carbonyl (C=O) groups is 1. The third-order valence-corrected chi connectivity index (χ3v) is 2.91. The van der Waals surface area contributed by atoms with Crippen LogP contribution in [0, 0.1) is 0 Å². The predicted octanol–water partition coefficient (Wildman–Crippen LogP) is 0.217. The molecule has 0 fully saturated rings. The molecule has 0 aliphatic rings. The van der Waals surface area contributed by atoms with Crippen LogP contribution in [-0.4, -0.2) is 60.2 Å². The quantitative estimate of drug-likeness (QED) is 0.559. The van der Waals surface area contributed by atoms with Crippen LogP contribution in [0.1, 0.15) is 6.92 Å². The van der Waals surface area contributed by atoms with Gasteiger partial charge in [-0.2, -0.15) is 0 Å². The second-order valence-corrected chi connectivity index (χ2v) is 4.41. The molecule has 0 bridgehead atoms. The molecule has 0 saturated heterocycles. The zero-order valence-corrected chi connectivity index (χ0v) is 9.83. The summed E-state index contributed by atoms with van der Waals surface area (Å²) in [6, 6.07) is 0. The van der Waals surface area contributed by atoms with Gasteiger partial charge in [-0.1, -0.05) is 0 Å². The normalized spacial score (nSPS) is 14.9. The standard InChI is InChI=1S/C9H18O5S/c1-7(9(11)12)15-6-8(10)5-14-4-3-13-2/h7-8,10H,3-6H2,1-2H3,(H,11,12). The van der Waals surface area contributed by atoms with Crippen molar-refractivity contribution in [3.8, 4) is 0 Å². The van der Waals surface area contributed by atoms with Gasteiger partial charge in [0, 0.05) is 12.9 Å². The number of carboxylic acid groups (broad SMARTS) is 1. The number of hydrogen-bond donors (Lipinski definition) is 2. The molecule has 0 saturated carbocycles. The van der Waals surface area contributed by atoms with Crippen LogP contribution in [0.25, 0.3) is 0 Å². The molecule has 2 atom stereocenters. The molecule has 5 nitrogen and oxygen atoms in total. The highest BCUT2D eigenvalue weighted by Gasteiger charge is 2.13. The minimum absolute atomic E-state index is 0.211. The Morgan fingerprint density at radius 2 is 2.13 bits per heavy atom. The minimum atomic E-state index is -0.868. The predicted molar refractivity (Wildman–Crippen MR) is 58.3 cm³/mol. The van der Waals surface area contributed by atoms with Crippen molar-refractivity contribution in [1.29, 1.82) is 0 Å². The number of thioether (sulfide) groups is 1. The van der Waals surface area contributed by atoms with Crippen molar-refractivity contribution < 1.29 is 24.5 Å². The molecule has 0 radical (unpaired) electrons. The third kappa shape index (κ3) is 8.68. The second kappa shape index (κ2) is 8.96. The van der Waals surface area contributed by atoms with E-state index in [0.29, 0.717) is 19.0 Å². The summed E-state index contributed by atoms with van der Waals surface area (Å²) in [5.74, 6) is -0.506. The van der Waals surface area contributed by atoms with E-state index >= 15 is 0 Å². The Balaban J connectivity index is 3.40. The summed E-state index contributed by atoms with van der Waals surface area (Å²) >= 11 is 1.20. The summed E-state index contributed by atoms with van der Waals surface area (Å²) in [5.41, 5.74) is 0. The highest BCUT2D eigenvalue weighted by Crippen LogP contribution is 2.11. The molecule has 90 valence electrons. The number of aliphatic hydroxyl groups excluding tert-OH is 1. The van der Waals surface area contributed by atoms with Crippen molar-refractivity contribution in [3.63, 3.8) is 0 Å². The van der Waals surface area contributed by atoms with Crippen molar-refractivity contribution in [2.24, 2.45) is 0 Å². The van der Waals surface area contributed by atoms with Gasteiger partial charge in [0.05, 0.1) is 31.2 Å². The average Bonchev–Trinajstić information content (AvgIpc) is 2.20. The first-order chi connectivity index (χ1) is 7.07. The van der Waals surface area contributed by atoms with E-state index in [1.54, 1.807) is 14.0 Å². The molecular formula is C9H18O5S. The molecule has 15 heavy (non-hydrogen) atoms. The van der Waals surface area contributed by atoms with E-state index in [1.807, 2.05) is 0 Å². The zero-order chi connectivity index (χ0) is 11.7. The first-order valence-corrected chi connectivity index (χ1v) is 5.72. The molecule has 0 rings (SSSR count). The Morgan fingerprint density at radius 3 is 2.67 bits per heavy atom. The topological polar surface area (TPSA) is 76.0 Å². The van der Waals surface area contributed by atoms with E-state index in [-0.39, 0.29) is 6.61 Å². The molecule has 2 unspecified atom stereocenters. The summed E-state index contributed by atoms with van der Waals surface area (Å²) in [7, 11) is 1.57. The van der Waals surface area contributed by atoms with Crippen LogP contribution in [0.3, 0.4) is 0 Å². The summed E-state index contributed by atoms with van der Waals surface area (Å²) < 4.78 is 9.86. The van der Waals surface area contributed by atoms with Gasteiger partial charge >= 0.3 is 5.97 Å². The number of rotatable bonds is 9. The summed E-state index contributed by atoms with van der Waals surface area (Å²) in [4.78, 5) is 10.5. The summed E-state index contributed by atoms with van der Waals surface area (Å²) in [6.45, 7) is 2.73. The van der Waals surface area contributed by atoms with Gasteiger partial charge in [0.25, 0.3) is 0 Å². The Labute approximate surface area is 93.8 Å². The van der Waals surface area contributed by atoms with Crippen molar-refractivity contribution >= 4 is 17.7 Å². The van der Waals surface area contributed by atoms with Crippen LogP contribution in [-0.2, 0) is 14.3 Å². The highest BCUT2D eigenvalue weighted by atomic mass is 32.2. The number of aliphatic hydroxyl groups is 1. The Hall–Kier alpha value is -0.300. The van der Waals surface area contributed by atoms with E-state index < -0.39 is 17.3 Å². The van der Waals surface area contributed by atoms with Crippen molar-refractivity contribution in [2.75, 3.05) is 32.7 Å². The molecule has 0 heterocycles. The van der Waals surface area contributed by atoms with Gasteiger partial charge in [0.15, 0.2) is 0 Å². The van der Waals surface area contributed by atoms with E-state index in [0.717, 1.165) is 0 Å². The second-order valence-electron chi connectivity index (χ2n) is 3.04. The molecule has 0 aromatic carbocycles. The van der Waals surface area contributed by atoms with Gasteiger partial charge < -0.3 is 19.7 Å². The summed E-state index contributed by atoms with van der Waals surface area (Å²) in [5, 5.41) is 17.5. The summed E-state index contributed by atoms with van der Waals surface area (Å²) in [6.07, 6.45) is -0.631. The zero-order valence-electron chi connectivity index (χ0n) is 9.01. The Kier molecular flexibility index (Phi) is 8.79. The van der Waals surface area contributed by atoms with Gasteiger partial charge in [0.1, 0.15) is 0 Å². The van der Waals surface area contributed by atoms with Crippen LogP contribution in [0.5, 0.6) is 0 Å². The SMILES string of the molecule is COCCOCC(O)CSC(C)C(=O)O. The highest BCUT2D eigenvalue weighted by molar-refractivity contribution is 8.00. The Bertz CT molecular complexity index is 176. The van der Waals surface area contributed by atoms with E-state index in [4.69, 9.17) is 14.6 Å². The maximum atomic E-state index is 10.5. The van der Waals surface area contributed by atoms with E-state index in [2.05, 4.69) is 0 Å². The molecule has 6 heteroatoms. The molecular weight excluding hydrogens is 220 g/mol. The third-order valence-electron chi connectivity index (χ3n) is 1.63. The Morgan fingerprint density at radius 1 is 1.47 bits per heavy atom. The van der Waals surface area contributed by atoms with Crippen LogP contribution in [0.2, 0.25) is 0 Å². The lowest BCUT2D eigenvalue weighted by Crippen LogP contribution is -2.22. The maximum Gasteiger partial charge on any atom is 0.316 e. The molecule has 0 aromatic rings. The minimum Gasteiger partial charge on any atom is -0.480 e. The average molecular weight is 238 g/mol. The first kappa shape index (κ1) is 14.7. The number of hydrogen-bond acceptors (Lipinski definition) is 5. The lowest BCUT2D eigenvalue weighted by atomic mass is 10.4. The lowest BCUT2D eigenvalue weighted by molar-refractivity contribution is -0.136. The first-order valence-electron chi connectivity index (χ1n) is 4.67. The van der Waals surface area contributed by atoms with Crippen LogP contribution in [0.15, 0.2) is 0 Å². The molecule has 0 spiro atoms. The fourth-order valence-electron chi connectivity index (χ4n) is 0.736. The van der Waals surface area contributed by atoms with Crippen molar-refractivity contribution in [3.05, 3.63) is 0 Å². The van der Waals surface area contributed by atoms with Gasteiger partial charge in [-0.05, 0) is 6.92 Å². The largest absolute Gasteiger partial charge is 0.480 e. The fourth-order valence-corrected chi connectivity index (χ4v) is 1.49. The molecule has 0 aliphatic heterocycles. The number of aliphatic carboxylic acids is 1. The monoisotopic (exact) mass is 238 g/mol. The van der Waals surface area contributed by atoms with Crippen molar-refractivity contribution in [1.82, 2.24) is 0 Å². The fraction of sp³-hybridized carbons (Fsp3) is 0.889. The molecule has 0 amide bonds. The van der Waals surface area contributed by atoms with Gasteiger partial charge in [-0.25, -0.2) is 0 Å². The van der Waals surface area contributed by atoms with E-state index in [9.17, 15) is 9.90 Å². The smallest absolute Gasteiger partial charge is 0.316 e. The number of methoxy groups -OCH3 is 1. The van der Waals surface area contributed by atoms with Crippen LogP contribution >= 0.6 is 11.8 Å². The maximum absolute atomic E-state index is 10.5. The molecule has 2 N–H and O–H groups in total. The van der Waals surface area contributed by atoms with Gasteiger partial charge in [0.2, 0.25) is 0 Å².